The minimum absolute atomic E-state index is 0.0245. The average Bonchev–Trinajstić information content (AvgIpc) is 2.58. The van der Waals surface area contributed by atoms with Crippen molar-refractivity contribution < 1.29 is 9.53 Å². The number of methoxy groups -OCH3 is 1. The van der Waals surface area contributed by atoms with Crippen LogP contribution in [0.15, 0.2) is 48.2 Å². The summed E-state index contributed by atoms with van der Waals surface area (Å²) in [6.45, 7) is 5.85. The van der Waals surface area contributed by atoms with Gasteiger partial charge >= 0.3 is 0 Å². The quantitative estimate of drug-likeness (QED) is 0.638. The van der Waals surface area contributed by atoms with Gasteiger partial charge in [0, 0.05) is 11.9 Å². The molecule has 0 heterocycles. The number of anilines is 2. The number of benzene rings is 2. The van der Waals surface area contributed by atoms with Crippen molar-refractivity contribution in [3.63, 3.8) is 0 Å². The lowest BCUT2D eigenvalue weighted by Gasteiger charge is -2.11. The Bertz CT molecular complexity index is 864. The number of carbonyl (C=O) groups excluding carboxylic acids is 1. The van der Waals surface area contributed by atoms with Crippen molar-refractivity contribution in [3.8, 4) is 11.8 Å². The van der Waals surface area contributed by atoms with E-state index in [0.717, 1.165) is 16.7 Å². The second-order valence-corrected chi connectivity index (χ2v) is 5.79. The number of nitriles is 1. The van der Waals surface area contributed by atoms with E-state index in [0.29, 0.717) is 17.1 Å². The lowest BCUT2D eigenvalue weighted by molar-refractivity contribution is -0.112. The van der Waals surface area contributed by atoms with Crippen molar-refractivity contribution in [2.75, 3.05) is 17.7 Å². The number of ether oxygens (including phenoxy) is 1. The van der Waals surface area contributed by atoms with Gasteiger partial charge in [0.05, 0.1) is 12.8 Å². The zero-order chi connectivity index (χ0) is 18.4. The summed E-state index contributed by atoms with van der Waals surface area (Å²) in [5, 5.41) is 15.0. The molecule has 0 aliphatic rings. The van der Waals surface area contributed by atoms with Gasteiger partial charge in [-0.05, 0) is 50.1 Å². The van der Waals surface area contributed by atoms with E-state index in [9.17, 15) is 10.1 Å². The van der Waals surface area contributed by atoms with Gasteiger partial charge in [0.25, 0.3) is 5.91 Å². The highest BCUT2D eigenvalue weighted by Gasteiger charge is 2.11. The van der Waals surface area contributed by atoms with E-state index in [1.165, 1.54) is 6.20 Å². The molecule has 128 valence electrons. The van der Waals surface area contributed by atoms with Gasteiger partial charge in [-0.1, -0.05) is 23.8 Å². The molecule has 0 atom stereocenters. The molecule has 0 saturated heterocycles. The Hall–Kier alpha value is -3.26. The Morgan fingerprint density at radius 2 is 1.76 bits per heavy atom. The molecule has 2 N–H and O–H groups in total. The number of amides is 1. The zero-order valence-electron chi connectivity index (χ0n) is 14.8. The first-order valence-electron chi connectivity index (χ1n) is 7.84. The van der Waals surface area contributed by atoms with E-state index in [2.05, 4.69) is 10.6 Å². The van der Waals surface area contributed by atoms with Crippen LogP contribution in [0.2, 0.25) is 0 Å². The smallest absolute Gasteiger partial charge is 0.267 e. The van der Waals surface area contributed by atoms with E-state index in [1.807, 2.05) is 63.2 Å². The summed E-state index contributed by atoms with van der Waals surface area (Å²) in [7, 11) is 1.57. The van der Waals surface area contributed by atoms with Crippen LogP contribution in [0.5, 0.6) is 5.75 Å². The van der Waals surface area contributed by atoms with Crippen molar-refractivity contribution in [3.05, 3.63) is 64.9 Å². The van der Waals surface area contributed by atoms with Crippen molar-refractivity contribution in [2.45, 2.75) is 20.8 Å². The topological polar surface area (TPSA) is 74.1 Å². The molecule has 0 unspecified atom stereocenters. The first kappa shape index (κ1) is 18.1. The molecule has 0 aromatic heterocycles. The van der Waals surface area contributed by atoms with E-state index in [1.54, 1.807) is 7.11 Å². The Morgan fingerprint density at radius 3 is 2.40 bits per heavy atom. The van der Waals surface area contributed by atoms with Crippen LogP contribution >= 0.6 is 0 Å². The van der Waals surface area contributed by atoms with Gasteiger partial charge in [0.1, 0.15) is 17.4 Å². The Labute approximate surface area is 147 Å². The molecular weight excluding hydrogens is 314 g/mol. The second-order valence-electron chi connectivity index (χ2n) is 5.79. The van der Waals surface area contributed by atoms with Crippen LogP contribution in [-0.4, -0.2) is 13.0 Å². The number of hydrogen-bond acceptors (Lipinski definition) is 4. The highest BCUT2D eigenvalue weighted by Crippen LogP contribution is 2.25. The number of aryl methyl sites for hydroxylation is 3. The van der Waals surface area contributed by atoms with E-state index < -0.39 is 5.91 Å². The normalized spacial score (nSPS) is 10.8. The van der Waals surface area contributed by atoms with Crippen LogP contribution in [0.25, 0.3) is 0 Å². The molecule has 0 aliphatic heterocycles. The van der Waals surface area contributed by atoms with Crippen LogP contribution in [0.4, 0.5) is 11.4 Å². The van der Waals surface area contributed by atoms with Gasteiger partial charge in [-0.25, -0.2) is 0 Å². The van der Waals surface area contributed by atoms with Crippen molar-refractivity contribution in [1.82, 2.24) is 0 Å². The molecule has 0 bridgehead atoms. The number of carbonyl (C=O) groups is 1. The largest absolute Gasteiger partial charge is 0.495 e. The molecule has 25 heavy (non-hydrogen) atoms. The molecular formula is C20H21N3O2. The molecule has 0 radical (unpaired) electrons. The van der Waals surface area contributed by atoms with Gasteiger partial charge in [-0.15, -0.1) is 0 Å². The molecule has 5 nitrogen and oxygen atoms in total. The maximum absolute atomic E-state index is 12.4. The summed E-state index contributed by atoms with van der Waals surface area (Å²) in [5.74, 6) is 0.169. The van der Waals surface area contributed by atoms with Gasteiger partial charge < -0.3 is 15.4 Å². The van der Waals surface area contributed by atoms with Crippen molar-refractivity contribution in [2.24, 2.45) is 0 Å². The first-order valence-corrected chi connectivity index (χ1v) is 7.84. The molecule has 2 aromatic rings. The fourth-order valence-electron chi connectivity index (χ4n) is 2.38. The summed E-state index contributed by atoms with van der Waals surface area (Å²) in [6, 6.07) is 13.3. The Morgan fingerprint density at radius 1 is 1.08 bits per heavy atom. The second kappa shape index (κ2) is 8.02. The Kier molecular flexibility index (Phi) is 5.80. The van der Waals surface area contributed by atoms with E-state index in [4.69, 9.17) is 4.74 Å². The maximum Gasteiger partial charge on any atom is 0.267 e. The fourth-order valence-corrected chi connectivity index (χ4v) is 2.38. The molecule has 0 spiro atoms. The maximum atomic E-state index is 12.4. The summed E-state index contributed by atoms with van der Waals surface area (Å²) < 4.78 is 5.27. The highest BCUT2D eigenvalue weighted by molar-refractivity contribution is 6.07. The third kappa shape index (κ3) is 4.61. The highest BCUT2D eigenvalue weighted by atomic mass is 16.5. The molecule has 0 aliphatic carbocycles. The predicted octanol–water partition coefficient (Wildman–Crippen LogP) is 4.08. The zero-order valence-corrected chi connectivity index (χ0v) is 14.8. The minimum atomic E-state index is -0.464. The standard InChI is InChI=1S/C20H21N3O2/c1-13-5-7-17(15(3)9-13)23-20(24)16(11-21)12-22-18-10-14(2)6-8-19(18)25-4/h5-10,12,22H,1-4H3,(H,23,24)/b16-12-. The van der Waals surface area contributed by atoms with Crippen LogP contribution < -0.4 is 15.4 Å². The number of rotatable bonds is 5. The number of nitrogens with one attached hydrogen (secondary N) is 2. The summed E-state index contributed by atoms with van der Waals surface area (Å²) >= 11 is 0. The number of hydrogen-bond donors (Lipinski definition) is 2. The third-order valence-corrected chi connectivity index (χ3v) is 3.72. The Balaban J connectivity index is 2.18. The molecule has 1 amide bonds. The first-order chi connectivity index (χ1) is 11.9. The molecule has 2 rings (SSSR count). The van der Waals surface area contributed by atoms with Gasteiger partial charge in [-0.2, -0.15) is 5.26 Å². The van der Waals surface area contributed by atoms with Crippen LogP contribution in [0.1, 0.15) is 16.7 Å². The van der Waals surface area contributed by atoms with Gasteiger partial charge in [0.15, 0.2) is 0 Å². The van der Waals surface area contributed by atoms with Crippen LogP contribution in [-0.2, 0) is 4.79 Å². The van der Waals surface area contributed by atoms with Crippen LogP contribution in [0.3, 0.4) is 0 Å². The van der Waals surface area contributed by atoms with Crippen molar-refractivity contribution >= 4 is 17.3 Å². The molecule has 5 heteroatoms. The average molecular weight is 335 g/mol. The summed E-state index contributed by atoms with van der Waals surface area (Å²) in [4.78, 5) is 12.4. The fraction of sp³-hybridized carbons (Fsp3) is 0.200. The number of nitrogens with zero attached hydrogens (tertiary/aromatic N) is 1. The van der Waals surface area contributed by atoms with E-state index in [-0.39, 0.29) is 5.57 Å². The molecule has 2 aromatic carbocycles. The minimum Gasteiger partial charge on any atom is -0.495 e. The molecule has 0 fully saturated rings. The monoisotopic (exact) mass is 335 g/mol. The lowest BCUT2D eigenvalue weighted by Crippen LogP contribution is -2.15. The molecule has 0 saturated carbocycles. The van der Waals surface area contributed by atoms with Crippen molar-refractivity contribution in [1.29, 1.82) is 5.26 Å². The van der Waals surface area contributed by atoms with E-state index >= 15 is 0 Å². The third-order valence-electron chi connectivity index (χ3n) is 3.72. The lowest BCUT2D eigenvalue weighted by atomic mass is 10.1. The van der Waals surface area contributed by atoms with Gasteiger partial charge in [-0.3, -0.25) is 4.79 Å². The predicted molar refractivity (Wildman–Crippen MR) is 99.6 cm³/mol. The summed E-state index contributed by atoms with van der Waals surface area (Å²) in [6.07, 6.45) is 1.39. The summed E-state index contributed by atoms with van der Waals surface area (Å²) in [5.41, 5.74) is 4.44. The van der Waals surface area contributed by atoms with Crippen LogP contribution in [0, 0.1) is 32.1 Å². The van der Waals surface area contributed by atoms with Gasteiger partial charge in [0.2, 0.25) is 0 Å². The SMILES string of the molecule is COc1ccc(C)cc1N/C=C(/C#N)C(=O)Nc1ccc(C)cc1C.